The Labute approximate surface area is 104 Å². The second-order valence-electron chi connectivity index (χ2n) is 3.88. The zero-order valence-electron chi connectivity index (χ0n) is 9.88. The number of fused-ring (bicyclic) bond motifs is 1. The average Bonchev–Trinajstić information content (AvgIpc) is 2.72. The van der Waals surface area contributed by atoms with Gasteiger partial charge in [0, 0.05) is 11.3 Å². The Morgan fingerprint density at radius 3 is 2.88 bits per heavy atom. The third kappa shape index (κ3) is 2.73. The van der Waals surface area contributed by atoms with Gasteiger partial charge in [0.05, 0.1) is 6.61 Å². The number of hydrogen-bond acceptors (Lipinski definition) is 5. The number of nitrogens with one attached hydrogen (secondary N) is 1. The van der Waals surface area contributed by atoms with Gasteiger partial charge in [-0.1, -0.05) is 12.1 Å². The van der Waals surface area contributed by atoms with Crippen molar-refractivity contribution in [1.29, 1.82) is 0 Å². The number of benzene rings is 1. The average molecular weight is 252 g/mol. The lowest BCUT2D eigenvalue weighted by atomic mass is 10.2. The van der Waals surface area contributed by atoms with E-state index in [0.717, 1.165) is 11.1 Å². The van der Waals surface area contributed by atoms with Gasteiger partial charge in [-0.3, -0.25) is 0 Å². The Balaban J connectivity index is 2.12. The summed E-state index contributed by atoms with van der Waals surface area (Å²) in [5.74, 6) is 0. The van der Waals surface area contributed by atoms with Gasteiger partial charge in [-0.15, -0.1) is 0 Å². The first-order chi connectivity index (χ1) is 8.24. The number of rotatable bonds is 5. The van der Waals surface area contributed by atoms with Crippen LogP contribution in [0.2, 0.25) is 0 Å². The van der Waals surface area contributed by atoms with Crippen molar-refractivity contribution in [1.82, 2.24) is 4.98 Å². The zero-order valence-corrected chi connectivity index (χ0v) is 10.7. The van der Waals surface area contributed by atoms with E-state index < -0.39 is 0 Å². The molecule has 0 radical (unpaired) electrons. The molecular weight excluding hydrogens is 236 g/mol. The summed E-state index contributed by atoms with van der Waals surface area (Å²) in [4.78, 5) is 4.34. The second-order valence-corrected chi connectivity index (χ2v) is 4.95. The van der Waals surface area contributed by atoms with E-state index in [9.17, 15) is 5.11 Å². The molecule has 2 atom stereocenters. The van der Waals surface area contributed by atoms with Crippen molar-refractivity contribution in [2.75, 3.05) is 18.2 Å². The molecule has 17 heavy (non-hydrogen) atoms. The van der Waals surface area contributed by atoms with Crippen molar-refractivity contribution in [3.63, 3.8) is 0 Å². The largest absolute Gasteiger partial charge is 0.424 e. The number of aliphatic hydroxyl groups is 1. The van der Waals surface area contributed by atoms with Gasteiger partial charge in [0.1, 0.15) is 5.52 Å². The van der Waals surface area contributed by atoms with Gasteiger partial charge in [0.25, 0.3) is 6.01 Å². The smallest absolute Gasteiger partial charge is 0.295 e. The predicted molar refractivity (Wildman–Crippen MR) is 71.5 cm³/mol. The van der Waals surface area contributed by atoms with E-state index in [-0.39, 0.29) is 17.9 Å². The lowest BCUT2D eigenvalue weighted by Crippen LogP contribution is -2.31. The molecule has 2 rings (SSSR count). The molecule has 92 valence electrons. The van der Waals surface area contributed by atoms with Gasteiger partial charge in [-0.05, 0) is 25.3 Å². The summed E-state index contributed by atoms with van der Waals surface area (Å²) >= 11 is 1.62. The van der Waals surface area contributed by atoms with E-state index in [1.807, 2.05) is 37.4 Å². The highest BCUT2D eigenvalue weighted by Gasteiger charge is 2.17. The van der Waals surface area contributed by atoms with E-state index in [0.29, 0.717) is 6.01 Å². The Bertz CT molecular complexity index is 449. The highest BCUT2D eigenvalue weighted by atomic mass is 32.2. The van der Waals surface area contributed by atoms with Crippen molar-refractivity contribution in [3.8, 4) is 0 Å². The fourth-order valence-electron chi connectivity index (χ4n) is 1.66. The Hall–Kier alpha value is -1.20. The maximum absolute atomic E-state index is 9.20. The summed E-state index contributed by atoms with van der Waals surface area (Å²) in [5, 5.41) is 12.5. The van der Waals surface area contributed by atoms with Crippen molar-refractivity contribution in [3.05, 3.63) is 24.3 Å². The number of aromatic nitrogens is 1. The molecule has 0 aliphatic rings. The van der Waals surface area contributed by atoms with Crippen LogP contribution in [0.15, 0.2) is 28.7 Å². The first-order valence-corrected chi connectivity index (χ1v) is 6.79. The summed E-state index contributed by atoms with van der Waals surface area (Å²) in [6.45, 7) is 2.14. The molecule has 0 spiro atoms. The number of aliphatic hydroxyl groups excluding tert-OH is 1. The molecular formula is C12H16N2O2S. The van der Waals surface area contributed by atoms with E-state index in [4.69, 9.17) is 4.42 Å². The molecule has 2 aromatic rings. The number of anilines is 1. The molecule has 0 fully saturated rings. The second kappa shape index (κ2) is 5.42. The highest BCUT2D eigenvalue weighted by molar-refractivity contribution is 7.99. The molecule has 1 aromatic carbocycles. The summed E-state index contributed by atoms with van der Waals surface area (Å²) < 4.78 is 5.56. The normalized spacial score (nSPS) is 14.8. The lowest BCUT2D eigenvalue weighted by Gasteiger charge is -2.19. The van der Waals surface area contributed by atoms with E-state index in [1.165, 1.54) is 0 Å². The third-order valence-electron chi connectivity index (χ3n) is 2.69. The minimum atomic E-state index is 0.100. The fraction of sp³-hybridized carbons (Fsp3) is 0.417. The van der Waals surface area contributed by atoms with Crippen LogP contribution in [0.1, 0.15) is 6.92 Å². The molecule has 4 nitrogen and oxygen atoms in total. The molecule has 0 aliphatic carbocycles. The van der Waals surface area contributed by atoms with Crippen LogP contribution < -0.4 is 5.32 Å². The predicted octanol–water partition coefficient (Wildman–Crippen LogP) is 2.35. The minimum Gasteiger partial charge on any atom is -0.424 e. The summed E-state index contributed by atoms with van der Waals surface area (Å²) in [6, 6.07) is 8.24. The van der Waals surface area contributed by atoms with Crippen molar-refractivity contribution < 1.29 is 9.52 Å². The topological polar surface area (TPSA) is 58.3 Å². The number of para-hydroxylation sites is 2. The van der Waals surface area contributed by atoms with Gasteiger partial charge in [-0.25, -0.2) is 0 Å². The van der Waals surface area contributed by atoms with Crippen molar-refractivity contribution in [2.45, 2.75) is 18.2 Å². The van der Waals surface area contributed by atoms with Gasteiger partial charge in [0.15, 0.2) is 5.58 Å². The molecule has 1 heterocycles. The van der Waals surface area contributed by atoms with E-state index in [2.05, 4.69) is 10.3 Å². The quantitative estimate of drug-likeness (QED) is 0.855. The molecule has 2 N–H and O–H groups in total. The highest BCUT2D eigenvalue weighted by Crippen LogP contribution is 2.20. The molecule has 1 aromatic heterocycles. The number of oxazole rings is 1. The molecule has 0 saturated carbocycles. The summed E-state index contributed by atoms with van der Waals surface area (Å²) in [5.41, 5.74) is 1.61. The SMILES string of the molecule is CSC(CO)C(C)Nc1nc2ccccc2o1. The van der Waals surface area contributed by atoms with Crippen LogP contribution in [0, 0.1) is 0 Å². The molecule has 0 aliphatic heterocycles. The third-order valence-corrected chi connectivity index (χ3v) is 3.85. The molecule has 0 amide bonds. The van der Waals surface area contributed by atoms with Crippen LogP contribution in [0.4, 0.5) is 6.01 Å². The van der Waals surface area contributed by atoms with Gasteiger partial charge >= 0.3 is 0 Å². The maximum Gasteiger partial charge on any atom is 0.295 e. The van der Waals surface area contributed by atoms with E-state index >= 15 is 0 Å². The van der Waals surface area contributed by atoms with E-state index in [1.54, 1.807) is 11.8 Å². The molecule has 2 unspecified atom stereocenters. The number of nitrogens with zero attached hydrogens (tertiary/aromatic N) is 1. The monoisotopic (exact) mass is 252 g/mol. The standard InChI is InChI=1S/C12H16N2O2S/c1-8(11(7-15)17-2)13-12-14-9-5-3-4-6-10(9)16-12/h3-6,8,11,15H,7H2,1-2H3,(H,13,14). The fourth-order valence-corrected chi connectivity index (χ4v) is 2.28. The number of thioether (sulfide) groups is 1. The Morgan fingerprint density at radius 2 is 2.24 bits per heavy atom. The lowest BCUT2D eigenvalue weighted by molar-refractivity contribution is 0.287. The Kier molecular flexibility index (Phi) is 3.91. The van der Waals surface area contributed by atoms with Crippen molar-refractivity contribution >= 4 is 28.9 Å². The first-order valence-electron chi connectivity index (χ1n) is 5.50. The van der Waals surface area contributed by atoms with Crippen LogP contribution in [0.25, 0.3) is 11.1 Å². The summed E-state index contributed by atoms with van der Waals surface area (Å²) in [6.07, 6.45) is 1.98. The van der Waals surface area contributed by atoms with Crippen molar-refractivity contribution in [2.24, 2.45) is 0 Å². The van der Waals surface area contributed by atoms with Gasteiger partial charge in [-0.2, -0.15) is 16.7 Å². The molecule has 0 bridgehead atoms. The van der Waals surface area contributed by atoms with Crippen LogP contribution in [-0.4, -0.2) is 34.2 Å². The molecule has 5 heteroatoms. The maximum atomic E-state index is 9.20. The summed E-state index contributed by atoms with van der Waals surface area (Å²) in [7, 11) is 0. The first kappa shape index (κ1) is 12.3. The zero-order chi connectivity index (χ0) is 12.3. The van der Waals surface area contributed by atoms with Crippen LogP contribution in [-0.2, 0) is 0 Å². The van der Waals surface area contributed by atoms with Crippen LogP contribution in [0.5, 0.6) is 0 Å². The minimum absolute atomic E-state index is 0.100. The van der Waals surface area contributed by atoms with Gasteiger partial charge < -0.3 is 14.8 Å². The van der Waals surface area contributed by atoms with Crippen LogP contribution in [0.3, 0.4) is 0 Å². The number of hydrogen-bond donors (Lipinski definition) is 2. The molecule has 0 saturated heterocycles. The Morgan fingerprint density at radius 1 is 1.47 bits per heavy atom. The van der Waals surface area contributed by atoms with Crippen LogP contribution >= 0.6 is 11.8 Å². The van der Waals surface area contributed by atoms with Gasteiger partial charge in [0.2, 0.25) is 0 Å².